The normalized spacial score (nSPS) is 16.7. The number of nitrogens with zero attached hydrogens (tertiary/aromatic N) is 1. The van der Waals surface area contributed by atoms with Gasteiger partial charge in [0.15, 0.2) is 0 Å². The minimum atomic E-state index is 0.0919. The van der Waals surface area contributed by atoms with Crippen molar-refractivity contribution in [2.75, 3.05) is 13.1 Å². The Morgan fingerprint density at radius 2 is 1.89 bits per heavy atom. The summed E-state index contributed by atoms with van der Waals surface area (Å²) in [7, 11) is 0. The van der Waals surface area contributed by atoms with Crippen molar-refractivity contribution in [3.63, 3.8) is 0 Å². The Labute approximate surface area is 174 Å². The van der Waals surface area contributed by atoms with Gasteiger partial charge in [0.1, 0.15) is 0 Å². The molecule has 0 aromatic heterocycles. The minimum Gasteiger partial charge on any atom is -0.349 e. The number of amides is 1. The van der Waals surface area contributed by atoms with Gasteiger partial charge in [0.2, 0.25) is 5.91 Å². The number of carbonyl (C=O) groups is 1. The van der Waals surface area contributed by atoms with Gasteiger partial charge in [-0.2, -0.15) is 0 Å². The Hall–Kier alpha value is -1.84. The molecule has 28 heavy (non-hydrogen) atoms. The summed E-state index contributed by atoms with van der Waals surface area (Å²) in [5.41, 5.74) is 4.90. The van der Waals surface area contributed by atoms with Gasteiger partial charge in [-0.15, -0.1) is 0 Å². The van der Waals surface area contributed by atoms with E-state index in [2.05, 4.69) is 55.3 Å². The third kappa shape index (κ3) is 5.15. The topological polar surface area (TPSA) is 32.3 Å². The molecule has 1 amide bonds. The summed E-state index contributed by atoms with van der Waals surface area (Å²) in [6, 6.07) is 14.6. The smallest absolute Gasteiger partial charge is 0.223 e. The van der Waals surface area contributed by atoms with Crippen molar-refractivity contribution in [2.45, 2.75) is 52.6 Å². The lowest BCUT2D eigenvalue weighted by Crippen LogP contribution is -2.41. The number of rotatable bonds is 6. The molecule has 1 fully saturated rings. The number of carbonyl (C=O) groups excluding carboxylic acids is 1. The second-order valence-electron chi connectivity index (χ2n) is 7.97. The SMILES string of the molecule is CCC(NC(=O)C1CCN(Cc2ccccc2Cl)CC1)c1ccc(C)cc1C. The average molecular weight is 399 g/mol. The molecule has 0 aliphatic carbocycles. The van der Waals surface area contributed by atoms with Crippen LogP contribution >= 0.6 is 11.6 Å². The van der Waals surface area contributed by atoms with Gasteiger partial charge in [-0.05, 0) is 69.0 Å². The van der Waals surface area contributed by atoms with E-state index in [-0.39, 0.29) is 17.9 Å². The fourth-order valence-electron chi connectivity index (χ4n) is 4.13. The Kier molecular flexibility index (Phi) is 7.14. The van der Waals surface area contributed by atoms with Crippen molar-refractivity contribution in [1.29, 1.82) is 0 Å². The highest BCUT2D eigenvalue weighted by atomic mass is 35.5. The van der Waals surface area contributed by atoms with Crippen LogP contribution in [0.1, 0.15) is 54.5 Å². The predicted octanol–water partition coefficient (Wildman–Crippen LogP) is 5.44. The molecular weight excluding hydrogens is 368 g/mol. The minimum absolute atomic E-state index is 0.0919. The molecule has 0 spiro atoms. The lowest BCUT2D eigenvalue weighted by atomic mass is 9.93. The van der Waals surface area contributed by atoms with Gasteiger partial charge in [-0.25, -0.2) is 0 Å². The molecule has 0 radical (unpaired) electrons. The molecule has 0 bridgehead atoms. The van der Waals surface area contributed by atoms with Crippen molar-refractivity contribution in [1.82, 2.24) is 10.2 Å². The van der Waals surface area contributed by atoms with Crippen molar-refractivity contribution >= 4 is 17.5 Å². The lowest BCUT2D eigenvalue weighted by molar-refractivity contribution is -0.127. The predicted molar refractivity (Wildman–Crippen MR) is 117 cm³/mol. The molecule has 0 saturated carbocycles. The Morgan fingerprint density at radius 1 is 1.18 bits per heavy atom. The number of benzene rings is 2. The van der Waals surface area contributed by atoms with Crippen molar-refractivity contribution < 1.29 is 4.79 Å². The van der Waals surface area contributed by atoms with E-state index < -0.39 is 0 Å². The van der Waals surface area contributed by atoms with Crippen LogP contribution in [0.4, 0.5) is 0 Å². The number of likely N-dealkylation sites (tertiary alicyclic amines) is 1. The quantitative estimate of drug-likeness (QED) is 0.702. The zero-order valence-electron chi connectivity index (χ0n) is 17.2. The van der Waals surface area contributed by atoms with Gasteiger partial charge in [0.05, 0.1) is 6.04 Å². The highest BCUT2D eigenvalue weighted by Crippen LogP contribution is 2.25. The Balaban J connectivity index is 1.55. The zero-order chi connectivity index (χ0) is 20.1. The monoisotopic (exact) mass is 398 g/mol. The van der Waals surface area contributed by atoms with E-state index in [1.165, 1.54) is 16.7 Å². The number of piperidine rings is 1. The highest BCUT2D eigenvalue weighted by Gasteiger charge is 2.27. The average Bonchev–Trinajstić information content (AvgIpc) is 2.69. The van der Waals surface area contributed by atoms with Crippen LogP contribution in [0.3, 0.4) is 0 Å². The number of hydrogen-bond acceptors (Lipinski definition) is 2. The van der Waals surface area contributed by atoms with Crippen LogP contribution in [0.5, 0.6) is 0 Å². The summed E-state index contributed by atoms with van der Waals surface area (Å²) in [5, 5.41) is 4.13. The maximum atomic E-state index is 12.9. The summed E-state index contributed by atoms with van der Waals surface area (Å²) >= 11 is 6.29. The van der Waals surface area contributed by atoms with Gasteiger partial charge in [-0.3, -0.25) is 9.69 Å². The van der Waals surface area contributed by atoms with E-state index in [1.54, 1.807) is 0 Å². The van der Waals surface area contributed by atoms with E-state index >= 15 is 0 Å². The van der Waals surface area contributed by atoms with Crippen LogP contribution in [0.15, 0.2) is 42.5 Å². The van der Waals surface area contributed by atoms with Crippen LogP contribution in [0.25, 0.3) is 0 Å². The van der Waals surface area contributed by atoms with Gasteiger partial charge < -0.3 is 5.32 Å². The molecule has 4 heteroatoms. The summed E-state index contributed by atoms with van der Waals surface area (Å²) in [6.07, 6.45) is 2.71. The third-order valence-corrected chi connectivity index (χ3v) is 6.20. The maximum absolute atomic E-state index is 12.9. The number of hydrogen-bond donors (Lipinski definition) is 1. The van der Waals surface area contributed by atoms with Crippen LogP contribution in [-0.4, -0.2) is 23.9 Å². The summed E-state index contributed by atoms with van der Waals surface area (Å²) in [6.45, 7) is 9.09. The first-order chi connectivity index (χ1) is 13.5. The van der Waals surface area contributed by atoms with Crippen LogP contribution < -0.4 is 5.32 Å². The molecule has 1 unspecified atom stereocenters. The van der Waals surface area contributed by atoms with Gasteiger partial charge in [0, 0.05) is 17.5 Å². The van der Waals surface area contributed by atoms with Gasteiger partial charge in [-0.1, -0.05) is 60.5 Å². The van der Waals surface area contributed by atoms with Crippen LogP contribution in [0.2, 0.25) is 5.02 Å². The second kappa shape index (κ2) is 9.58. The fourth-order valence-corrected chi connectivity index (χ4v) is 4.32. The standard InChI is InChI=1S/C24H31ClN2O/c1-4-23(21-10-9-17(2)15-18(21)3)26-24(28)19-11-13-27(14-12-19)16-20-7-5-6-8-22(20)25/h5-10,15,19,23H,4,11-14,16H2,1-3H3,(H,26,28). The molecular formula is C24H31ClN2O. The molecule has 1 atom stereocenters. The van der Waals surface area contributed by atoms with E-state index in [4.69, 9.17) is 11.6 Å². The molecule has 2 aromatic carbocycles. The first-order valence-electron chi connectivity index (χ1n) is 10.3. The molecule has 3 rings (SSSR count). The second-order valence-corrected chi connectivity index (χ2v) is 8.38. The summed E-state index contributed by atoms with van der Waals surface area (Å²) in [5.74, 6) is 0.298. The van der Waals surface area contributed by atoms with Crippen molar-refractivity contribution in [3.8, 4) is 0 Å². The van der Waals surface area contributed by atoms with Crippen molar-refractivity contribution in [2.24, 2.45) is 5.92 Å². The van der Waals surface area contributed by atoms with E-state index in [9.17, 15) is 4.79 Å². The van der Waals surface area contributed by atoms with E-state index in [0.29, 0.717) is 0 Å². The molecule has 3 nitrogen and oxygen atoms in total. The largest absolute Gasteiger partial charge is 0.349 e. The molecule has 1 aliphatic heterocycles. The first-order valence-corrected chi connectivity index (χ1v) is 10.7. The molecule has 1 aliphatic rings. The number of aryl methyl sites for hydroxylation is 2. The molecule has 1 saturated heterocycles. The zero-order valence-corrected chi connectivity index (χ0v) is 17.9. The molecule has 2 aromatic rings. The highest BCUT2D eigenvalue weighted by molar-refractivity contribution is 6.31. The van der Waals surface area contributed by atoms with E-state index in [1.807, 2.05) is 18.2 Å². The fraction of sp³-hybridized carbons (Fsp3) is 0.458. The summed E-state index contributed by atoms with van der Waals surface area (Å²) in [4.78, 5) is 15.3. The Morgan fingerprint density at radius 3 is 2.54 bits per heavy atom. The Bertz CT molecular complexity index is 812. The molecule has 1 N–H and O–H groups in total. The number of nitrogens with one attached hydrogen (secondary N) is 1. The van der Waals surface area contributed by atoms with Gasteiger partial charge >= 0.3 is 0 Å². The first kappa shape index (κ1) is 20.9. The molecule has 150 valence electrons. The molecule has 1 heterocycles. The lowest BCUT2D eigenvalue weighted by Gasteiger charge is -2.32. The number of halogens is 1. The van der Waals surface area contributed by atoms with Crippen LogP contribution in [0, 0.1) is 19.8 Å². The van der Waals surface area contributed by atoms with Crippen LogP contribution in [-0.2, 0) is 11.3 Å². The van der Waals surface area contributed by atoms with Gasteiger partial charge in [0.25, 0.3) is 0 Å². The summed E-state index contributed by atoms with van der Waals surface area (Å²) < 4.78 is 0. The van der Waals surface area contributed by atoms with Crippen molar-refractivity contribution in [3.05, 3.63) is 69.7 Å². The van der Waals surface area contributed by atoms with E-state index in [0.717, 1.165) is 49.5 Å². The maximum Gasteiger partial charge on any atom is 0.223 e. The third-order valence-electron chi connectivity index (χ3n) is 5.84.